The molecule has 104 valence electrons. The van der Waals surface area contributed by atoms with Crippen LogP contribution in [0.4, 0.5) is 0 Å². The third kappa shape index (κ3) is 4.46. The lowest BCUT2D eigenvalue weighted by Gasteiger charge is -2.07. The topological polar surface area (TPSA) is 115 Å². The van der Waals surface area contributed by atoms with E-state index >= 15 is 0 Å². The van der Waals surface area contributed by atoms with Gasteiger partial charge in [0.1, 0.15) is 17.6 Å². The average Bonchev–Trinajstić information content (AvgIpc) is 2.27. The summed E-state index contributed by atoms with van der Waals surface area (Å²) >= 11 is 0. The van der Waals surface area contributed by atoms with E-state index in [0.717, 1.165) is 0 Å². The standard InChI is InChI=1S/C12H15NO5S/c1-8(14)7-19(17,18)10-4-2-9(3-5-10)6-11(13)12(15)16/h2-5,11H,6-7,13H2,1H3,(H,15,16)/t11-/m0/s1. The van der Waals surface area contributed by atoms with Crippen molar-refractivity contribution in [3.8, 4) is 0 Å². The van der Waals surface area contributed by atoms with E-state index in [1.807, 2.05) is 0 Å². The third-order valence-electron chi connectivity index (χ3n) is 2.45. The van der Waals surface area contributed by atoms with E-state index in [0.29, 0.717) is 5.56 Å². The lowest BCUT2D eigenvalue weighted by atomic mass is 10.1. The fourth-order valence-electron chi connectivity index (χ4n) is 1.53. The molecule has 0 radical (unpaired) electrons. The number of nitrogens with two attached hydrogens (primary N) is 1. The van der Waals surface area contributed by atoms with Gasteiger partial charge in [-0.05, 0) is 31.0 Å². The Hall–Kier alpha value is -1.73. The second-order valence-electron chi connectivity index (χ2n) is 4.25. The second kappa shape index (κ2) is 5.94. The zero-order valence-corrected chi connectivity index (χ0v) is 11.2. The predicted molar refractivity (Wildman–Crippen MR) is 68.5 cm³/mol. The first kappa shape index (κ1) is 15.3. The van der Waals surface area contributed by atoms with Crippen LogP contribution in [0.15, 0.2) is 29.2 Å². The Bertz CT molecular complexity index is 577. The normalized spacial score (nSPS) is 12.9. The molecule has 1 aromatic carbocycles. The molecule has 0 aromatic heterocycles. The van der Waals surface area contributed by atoms with Crippen molar-refractivity contribution in [2.45, 2.75) is 24.3 Å². The molecule has 0 aliphatic carbocycles. The molecule has 7 heteroatoms. The number of carbonyl (C=O) groups is 2. The summed E-state index contributed by atoms with van der Waals surface area (Å²) in [5, 5.41) is 8.67. The van der Waals surface area contributed by atoms with Gasteiger partial charge < -0.3 is 10.8 Å². The number of carbonyl (C=O) groups excluding carboxylic acids is 1. The highest BCUT2D eigenvalue weighted by Gasteiger charge is 2.17. The highest BCUT2D eigenvalue weighted by atomic mass is 32.2. The molecule has 6 nitrogen and oxygen atoms in total. The average molecular weight is 285 g/mol. The molecule has 1 atom stereocenters. The number of rotatable bonds is 6. The number of carboxylic acids is 1. The Morgan fingerprint density at radius 1 is 1.26 bits per heavy atom. The molecule has 0 saturated heterocycles. The number of sulfone groups is 1. The maximum absolute atomic E-state index is 11.7. The summed E-state index contributed by atoms with van der Waals surface area (Å²) in [5.74, 6) is -2.09. The first-order valence-electron chi connectivity index (χ1n) is 5.52. The molecule has 1 aromatic rings. The number of hydrogen-bond acceptors (Lipinski definition) is 5. The fraction of sp³-hybridized carbons (Fsp3) is 0.333. The van der Waals surface area contributed by atoms with Crippen LogP contribution in [-0.4, -0.2) is 37.1 Å². The Balaban J connectivity index is 2.88. The number of hydrogen-bond donors (Lipinski definition) is 2. The minimum Gasteiger partial charge on any atom is -0.480 e. The number of Topliss-reactive ketones (excluding diaryl/α,β-unsaturated/α-hetero) is 1. The van der Waals surface area contributed by atoms with Crippen molar-refractivity contribution in [2.75, 3.05) is 5.75 Å². The van der Waals surface area contributed by atoms with Crippen molar-refractivity contribution in [3.05, 3.63) is 29.8 Å². The number of benzene rings is 1. The van der Waals surface area contributed by atoms with Crippen LogP contribution in [0, 0.1) is 0 Å². The molecule has 0 saturated carbocycles. The highest BCUT2D eigenvalue weighted by molar-refractivity contribution is 7.92. The van der Waals surface area contributed by atoms with Gasteiger partial charge in [0.15, 0.2) is 9.84 Å². The SMILES string of the molecule is CC(=O)CS(=O)(=O)c1ccc(C[C@H](N)C(=O)O)cc1. The van der Waals surface area contributed by atoms with E-state index in [2.05, 4.69) is 0 Å². The molecule has 0 amide bonds. The van der Waals surface area contributed by atoms with Crippen LogP contribution < -0.4 is 5.73 Å². The summed E-state index contributed by atoms with van der Waals surface area (Å²) in [7, 11) is -3.62. The monoisotopic (exact) mass is 285 g/mol. The summed E-state index contributed by atoms with van der Waals surface area (Å²) < 4.78 is 23.5. The molecule has 1 rings (SSSR count). The first-order chi connectivity index (χ1) is 8.72. The Labute approximate surface area is 111 Å². The number of aliphatic carboxylic acids is 1. The van der Waals surface area contributed by atoms with Gasteiger partial charge in [-0.15, -0.1) is 0 Å². The molecule has 0 aliphatic rings. The van der Waals surface area contributed by atoms with Crippen LogP contribution >= 0.6 is 0 Å². The Morgan fingerprint density at radius 2 is 1.79 bits per heavy atom. The van der Waals surface area contributed by atoms with E-state index in [1.54, 1.807) is 0 Å². The van der Waals surface area contributed by atoms with E-state index in [1.165, 1.54) is 31.2 Å². The van der Waals surface area contributed by atoms with Crippen molar-refractivity contribution in [1.29, 1.82) is 0 Å². The molecule has 0 unspecified atom stereocenters. The van der Waals surface area contributed by atoms with E-state index < -0.39 is 33.4 Å². The summed E-state index contributed by atoms with van der Waals surface area (Å²) in [6, 6.07) is 4.66. The molecule has 0 heterocycles. The molecule has 3 N–H and O–H groups in total. The lowest BCUT2D eigenvalue weighted by Crippen LogP contribution is -2.32. The molecule has 0 aliphatic heterocycles. The summed E-state index contributed by atoms with van der Waals surface area (Å²) in [6.07, 6.45) is 0.113. The van der Waals surface area contributed by atoms with Gasteiger partial charge in [-0.3, -0.25) is 9.59 Å². The van der Waals surface area contributed by atoms with Crippen LogP contribution in [0.3, 0.4) is 0 Å². The molecule has 0 bridgehead atoms. The Kier molecular flexibility index (Phi) is 4.79. The molecule has 0 fully saturated rings. The van der Waals surface area contributed by atoms with E-state index in [9.17, 15) is 18.0 Å². The zero-order valence-electron chi connectivity index (χ0n) is 10.4. The maximum Gasteiger partial charge on any atom is 0.320 e. The zero-order chi connectivity index (χ0) is 14.6. The van der Waals surface area contributed by atoms with E-state index in [4.69, 9.17) is 10.8 Å². The van der Waals surface area contributed by atoms with Gasteiger partial charge in [-0.25, -0.2) is 8.42 Å². The molecular weight excluding hydrogens is 270 g/mol. The summed E-state index contributed by atoms with van der Waals surface area (Å²) in [5.41, 5.74) is 6.00. The van der Waals surface area contributed by atoms with Crippen LogP contribution in [0.1, 0.15) is 12.5 Å². The summed E-state index contributed by atoms with van der Waals surface area (Å²) in [6.45, 7) is 1.21. The van der Waals surface area contributed by atoms with Crippen molar-refractivity contribution < 1.29 is 23.1 Å². The molecule has 19 heavy (non-hydrogen) atoms. The van der Waals surface area contributed by atoms with Crippen molar-refractivity contribution in [2.24, 2.45) is 5.73 Å². The first-order valence-corrected chi connectivity index (χ1v) is 7.17. The van der Waals surface area contributed by atoms with Crippen LogP contribution in [0.25, 0.3) is 0 Å². The van der Waals surface area contributed by atoms with Crippen LogP contribution in [0.2, 0.25) is 0 Å². The van der Waals surface area contributed by atoms with Gasteiger partial charge in [-0.2, -0.15) is 0 Å². The smallest absolute Gasteiger partial charge is 0.320 e. The Morgan fingerprint density at radius 3 is 2.21 bits per heavy atom. The third-order valence-corrected chi connectivity index (χ3v) is 4.23. The number of ketones is 1. The van der Waals surface area contributed by atoms with Gasteiger partial charge >= 0.3 is 5.97 Å². The number of carboxylic acid groups (broad SMARTS) is 1. The highest BCUT2D eigenvalue weighted by Crippen LogP contribution is 2.13. The largest absolute Gasteiger partial charge is 0.480 e. The van der Waals surface area contributed by atoms with Gasteiger partial charge in [0.25, 0.3) is 0 Å². The van der Waals surface area contributed by atoms with Gasteiger partial charge in [0.05, 0.1) is 4.90 Å². The van der Waals surface area contributed by atoms with E-state index in [-0.39, 0.29) is 11.3 Å². The van der Waals surface area contributed by atoms with Crippen LogP contribution in [-0.2, 0) is 25.8 Å². The van der Waals surface area contributed by atoms with Gasteiger partial charge in [-0.1, -0.05) is 12.1 Å². The second-order valence-corrected chi connectivity index (χ2v) is 6.24. The van der Waals surface area contributed by atoms with Gasteiger partial charge in [0, 0.05) is 0 Å². The fourth-order valence-corrected chi connectivity index (χ4v) is 2.78. The lowest BCUT2D eigenvalue weighted by molar-refractivity contribution is -0.138. The quantitative estimate of drug-likeness (QED) is 0.760. The predicted octanol–water partition coefficient (Wildman–Crippen LogP) is 0.00370. The minimum absolute atomic E-state index is 0.0374. The van der Waals surface area contributed by atoms with Crippen molar-refractivity contribution in [3.63, 3.8) is 0 Å². The van der Waals surface area contributed by atoms with Gasteiger partial charge in [0.2, 0.25) is 0 Å². The minimum atomic E-state index is -3.62. The maximum atomic E-state index is 11.7. The van der Waals surface area contributed by atoms with Crippen molar-refractivity contribution >= 4 is 21.6 Å². The van der Waals surface area contributed by atoms with Crippen LogP contribution in [0.5, 0.6) is 0 Å². The van der Waals surface area contributed by atoms with Crippen molar-refractivity contribution in [1.82, 2.24) is 0 Å². The molecular formula is C12H15NO5S. The summed E-state index contributed by atoms with van der Waals surface area (Å²) in [4.78, 5) is 21.5. The molecule has 0 spiro atoms.